The minimum atomic E-state index is -0.265. The van der Waals surface area contributed by atoms with Crippen LogP contribution < -0.4 is 0 Å². The molecule has 0 saturated heterocycles. The number of nitrogens with zero attached hydrogens (tertiary/aromatic N) is 1. The molecule has 78 valence electrons. The van der Waals surface area contributed by atoms with E-state index in [2.05, 4.69) is 4.98 Å². The highest BCUT2D eigenvalue weighted by atomic mass is 32.1. The van der Waals surface area contributed by atoms with Crippen molar-refractivity contribution >= 4 is 11.3 Å². The Balaban J connectivity index is 2.33. The van der Waals surface area contributed by atoms with Crippen molar-refractivity contribution in [2.75, 3.05) is 6.61 Å². The van der Waals surface area contributed by atoms with E-state index >= 15 is 0 Å². The Morgan fingerprint density at radius 2 is 2.13 bits per heavy atom. The van der Waals surface area contributed by atoms with Gasteiger partial charge in [0.15, 0.2) is 0 Å². The standard InChI is InChI=1S/C11H10FNOS/c12-9-4-2-1-3-8(9)10-7-15-11(13-10)5-6-14/h1-4,7,14H,5-6H2. The number of aliphatic hydroxyl groups is 1. The van der Waals surface area contributed by atoms with Crippen molar-refractivity contribution in [3.8, 4) is 11.3 Å². The van der Waals surface area contributed by atoms with E-state index in [1.807, 2.05) is 5.38 Å². The quantitative estimate of drug-likeness (QED) is 0.867. The molecular weight excluding hydrogens is 213 g/mol. The summed E-state index contributed by atoms with van der Waals surface area (Å²) in [6.07, 6.45) is 0.527. The zero-order valence-electron chi connectivity index (χ0n) is 7.98. The van der Waals surface area contributed by atoms with Gasteiger partial charge in [-0.2, -0.15) is 0 Å². The lowest BCUT2D eigenvalue weighted by Crippen LogP contribution is -1.90. The summed E-state index contributed by atoms with van der Waals surface area (Å²) in [5, 5.41) is 11.4. The Hall–Kier alpha value is -1.26. The summed E-state index contributed by atoms with van der Waals surface area (Å²) in [6, 6.07) is 6.55. The fourth-order valence-electron chi connectivity index (χ4n) is 1.31. The van der Waals surface area contributed by atoms with Crippen LogP contribution in [0.4, 0.5) is 4.39 Å². The summed E-state index contributed by atoms with van der Waals surface area (Å²) in [5.41, 5.74) is 1.15. The van der Waals surface area contributed by atoms with Crippen LogP contribution in [0.15, 0.2) is 29.6 Å². The van der Waals surface area contributed by atoms with Crippen LogP contribution in [0.3, 0.4) is 0 Å². The van der Waals surface area contributed by atoms with E-state index < -0.39 is 0 Å². The van der Waals surface area contributed by atoms with Gasteiger partial charge in [-0.05, 0) is 12.1 Å². The Morgan fingerprint density at radius 3 is 2.87 bits per heavy atom. The molecule has 0 aliphatic heterocycles. The highest BCUT2D eigenvalue weighted by molar-refractivity contribution is 7.09. The fourth-order valence-corrected chi connectivity index (χ4v) is 2.10. The summed E-state index contributed by atoms with van der Waals surface area (Å²) < 4.78 is 13.4. The van der Waals surface area contributed by atoms with Crippen molar-refractivity contribution in [3.63, 3.8) is 0 Å². The number of hydrogen-bond donors (Lipinski definition) is 1. The molecule has 0 spiro atoms. The van der Waals surface area contributed by atoms with Crippen LogP contribution in [0.1, 0.15) is 5.01 Å². The van der Waals surface area contributed by atoms with Gasteiger partial charge in [0.1, 0.15) is 5.82 Å². The van der Waals surface area contributed by atoms with E-state index in [4.69, 9.17) is 5.11 Å². The smallest absolute Gasteiger partial charge is 0.132 e. The van der Waals surface area contributed by atoms with Crippen LogP contribution in [0.25, 0.3) is 11.3 Å². The first-order valence-corrected chi connectivity index (χ1v) is 5.49. The van der Waals surface area contributed by atoms with Crippen molar-refractivity contribution in [1.82, 2.24) is 4.98 Å². The lowest BCUT2D eigenvalue weighted by Gasteiger charge is -1.97. The maximum Gasteiger partial charge on any atom is 0.132 e. The molecule has 0 unspecified atom stereocenters. The molecule has 0 fully saturated rings. The van der Waals surface area contributed by atoms with E-state index in [0.717, 1.165) is 5.01 Å². The molecule has 2 nitrogen and oxygen atoms in total. The first-order valence-electron chi connectivity index (χ1n) is 4.61. The zero-order valence-corrected chi connectivity index (χ0v) is 8.80. The molecule has 0 saturated carbocycles. The third-order valence-corrected chi connectivity index (χ3v) is 2.94. The Bertz CT molecular complexity index is 455. The van der Waals surface area contributed by atoms with Gasteiger partial charge in [-0.15, -0.1) is 11.3 Å². The number of aromatic nitrogens is 1. The maximum atomic E-state index is 13.4. The number of aliphatic hydroxyl groups excluding tert-OH is 1. The molecule has 0 amide bonds. The van der Waals surface area contributed by atoms with Crippen molar-refractivity contribution in [3.05, 3.63) is 40.5 Å². The molecule has 1 heterocycles. The molecule has 4 heteroatoms. The van der Waals surface area contributed by atoms with Crippen LogP contribution >= 0.6 is 11.3 Å². The normalized spacial score (nSPS) is 10.5. The van der Waals surface area contributed by atoms with Crippen LogP contribution in [-0.4, -0.2) is 16.7 Å². The van der Waals surface area contributed by atoms with Gasteiger partial charge in [-0.25, -0.2) is 9.37 Å². The van der Waals surface area contributed by atoms with E-state index in [1.54, 1.807) is 18.2 Å². The van der Waals surface area contributed by atoms with E-state index in [1.165, 1.54) is 17.4 Å². The minimum Gasteiger partial charge on any atom is -0.396 e. The number of rotatable bonds is 3. The predicted molar refractivity (Wildman–Crippen MR) is 58.3 cm³/mol. The molecule has 0 radical (unpaired) electrons. The number of benzene rings is 1. The van der Waals surface area contributed by atoms with Gasteiger partial charge in [-0.1, -0.05) is 12.1 Å². The van der Waals surface area contributed by atoms with Gasteiger partial charge >= 0.3 is 0 Å². The zero-order chi connectivity index (χ0) is 10.7. The minimum absolute atomic E-state index is 0.0736. The lowest BCUT2D eigenvalue weighted by atomic mass is 10.1. The average molecular weight is 223 g/mol. The van der Waals surface area contributed by atoms with Gasteiger partial charge < -0.3 is 5.11 Å². The third kappa shape index (κ3) is 2.22. The topological polar surface area (TPSA) is 33.1 Å². The molecule has 1 aromatic carbocycles. The first kappa shape index (κ1) is 10.3. The van der Waals surface area contributed by atoms with Crippen LogP contribution in [0.2, 0.25) is 0 Å². The molecule has 2 rings (SSSR count). The predicted octanol–water partition coefficient (Wildman–Crippen LogP) is 2.48. The third-order valence-electron chi connectivity index (χ3n) is 2.03. The summed E-state index contributed by atoms with van der Waals surface area (Å²) >= 11 is 1.44. The second-order valence-corrected chi connectivity index (χ2v) is 4.02. The Kier molecular flexibility index (Phi) is 3.08. The summed E-state index contributed by atoms with van der Waals surface area (Å²) in [7, 11) is 0. The molecule has 0 aliphatic carbocycles. The number of halogens is 1. The van der Waals surface area contributed by atoms with Crippen molar-refractivity contribution < 1.29 is 9.50 Å². The largest absolute Gasteiger partial charge is 0.396 e. The van der Waals surface area contributed by atoms with Crippen molar-refractivity contribution in [2.45, 2.75) is 6.42 Å². The summed E-state index contributed by atoms with van der Waals surface area (Å²) in [6.45, 7) is 0.0736. The van der Waals surface area contributed by atoms with Gasteiger partial charge in [0.2, 0.25) is 0 Å². The molecule has 15 heavy (non-hydrogen) atoms. The Morgan fingerprint density at radius 1 is 1.33 bits per heavy atom. The monoisotopic (exact) mass is 223 g/mol. The molecule has 1 aromatic heterocycles. The molecule has 2 aromatic rings. The summed E-state index contributed by atoms with van der Waals surface area (Å²) in [5.74, 6) is -0.265. The van der Waals surface area contributed by atoms with Crippen LogP contribution in [-0.2, 0) is 6.42 Å². The van der Waals surface area contributed by atoms with Gasteiger partial charge in [0.25, 0.3) is 0 Å². The SMILES string of the molecule is OCCc1nc(-c2ccccc2F)cs1. The van der Waals surface area contributed by atoms with Gasteiger partial charge in [-0.3, -0.25) is 0 Å². The van der Waals surface area contributed by atoms with E-state index in [-0.39, 0.29) is 12.4 Å². The fraction of sp³-hybridized carbons (Fsp3) is 0.182. The summed E-state index contributed by atoms with van der Waals surface area (Å²) in [4.78, 5) is 4.25. The van der Waals surface area contributed by atoms with Crippen molar-refractivity contribution in [2.24, 2.45) is 0 Å². The molecule has 0 bridgehead atoms. The highest BCUT2D eigenvalue weighted by Gasteiger charge is 2.07. The van der Waals surface area contributed by atoms with E-state index in [9.17, 15) is 4.39 Å². The average Bonchev–Trinajstić information content (AvgIpc) is 2.68. The van der Waals surface area contributed by atoms with Gasteiger partial charge in [0, 0.05) is 24.0 Å². The van der Waals surface area contributed by atoms with Crippen molar-refractivity contribution in [1.29, 1.82) is 0 Å². The Labute approximate surface area is 91.0 Å². The second kappa shape index (κ2) is 4.51. The van der Waals surface area contributed by atoms with E-state index in [0.29, 0.717) is 17.7 Å². The number of thiazole rings is 1. The van der Waals surface area contributed by atoms with Crippen LogP contribution in [0.5, 0.6) is 0 Å². The maximum absolute atomic E-state index is 13.4. The van der Waals surface area contributed by atoms with Gasteiger partial charge in [0.05, 0.1) is 10.7 Å². The highest BCUT2D eigenvalue weighted by Crippen LogP contribution is 2.24. The second-order valence-electron chi connectivity index (χ2n) is 3.08. The molecule has 0 aliphatic rings. The lowest BCUT2D eigenvalue weighted by molar-refractivity contribution is 0.299. The molecular formula is C11H10FNOS. The molecule has 1 N–H and O–H groups in total. The molecule has 0 atom stereocenters. The number of hydrogen-bond acceptors (Lipinski definition) is 3. The first-order chi connectivity index (χ1) is 7.31. The van der Waals surface area contributed by atoms with Crippen LogP contribution in [0, 0.1) is 5.82 Å².